The number of hydrogen-bond acceptors (Lipinski definition) is 4. The molecule has 0 saturated carbocycles. The number of ether oxygens (including phenoxy) is 2. The summed E-state index contributed by atoms with van der Waals surface area (Å²) >= 11 is 0. The van der Waals surface area contributed by atoms with Gasteiger partial charge in [0.1, 0.15) is 0 Å². The van der Waals surface area contributed by atoms with Crippen molar-refractivity contribution in [3.8, 4) is 0 Å². The van der Waals surface area contributed by atoms with E-state index in [2.05, 4.69) is 90.2 Å². The second-order valence-corrected chi connectivity index (χ2v) is 24.0. The van der Waals surface area contributed by atoms with Crippen molar-refractivity contribution in [1.29, 1.82) is 0 Å². The molecular formula is C72H136O4. The molecule has 0 aliphatic carbocycles. The zero-order valence-electron chi connectivity index (χ0n) is 52.6. The Morgan fingerprint density at radius 2 is 0.500 bits per heavy atom. The van der Waals surface area contributed by atoms with Gasteiger partial charge in [-0.15, -0.1) is 0 Å². The van der Waals surface area contributed by atoms with E-state index < -0.39 is 0 Å². The second-order valence-electron chi connectivity index (χ2n) is 24.0. The summed E-state index contributed by atoms with van der Waals surface area (Å²) < 4.78 is 10.9. The van der Waals surface area contributed by atoms with Crippen LogP contribution in [0.4, 0.5) is 0 Å². The lowest BCUT2D eigenvalue weighted by Gasteiger charge is -2.06. The van der Waals surface area contributed by atoms with Gasteiger partial charge in [-0.1, -0.05) is 321 Å². The Morgan fingerprint density at radius 3 is 0.763 bits per heavy atom. The van der Waals surface area contributed by atoms with Crippen molar-refractivity contribution in [2.24, 2.45) is 11.8 Å². The third kappa shape index (κ3) is 74.0. The molecule has 0 heterocycles. The number of esters is 2. The molecular weight excluding hydrogens is 929 g/mol. The van der Waals surface area contributed by atoms with Crippen LogP contribution in [0.3, 0.4) is 0 Å². The Bertz CT molecular complexity index is 1130. The molecule has 4 nitrogen and oxygen atoms in total. The van der Waals surface area contributed by atoms with Gasteiger partial charge in [-0.3, -0.25) is 9.59 Å². The molecule has 0 saturated heterocycles. The third-order valence-corrected chi connectivity index (χ3v) is 15.0. The topological polar surface area (TPSA) is 52.6 Å². The van der Waals surface area contributed by atoms with Gasteiger partial charge in [0.15, 0.2) is 0 Å². The lowest BCUT2D eigenvalue weighted by Crippen LogP contribution is -2.05. The predicted molar refractivity (Wildman–Crippen MR) is 340 cm³/mol. The van der Waals surface area contributed by atoms with Crippen molar-refractivity contribution in [1.82, 2.24) is 0 Å². The van der Waals surface area contributed by atoms with Gasteiger partial charge in [0, 0.05) is 12.8 Å². The van der Waals surface area contributed by atoms with E-state index >= 15 is 0 Å². The van der Waals surface area contributed by atoms with Gasteiger partial charge in [0.2, 0.25) is 0 Å². The molecule has 0 aromatic carbocycles. The minimum atomic E-state index is 0.00982. The molecule has 0 spiro atoms. The summed E-state index contributed by atoms with van der Waals surface area (Å²) in [6.07, 6.45) is 84.5. The zero-order chi connectivity index (χ0) is 55.6. The van der Waals surface area contributed by atoms with Crippen LogP contribution in [0.15, 0.2) is 48.6 Å². The van der Waals surface area contributed by atoms with E-state index in [1.807, 2.05) is 0 Å². The normalized spacial score (nSPS) is 11.9. The molecule has 448 valence electrons. The first-order valence-corrected chi connectivity index (χ1v) is 34.2. The van der Waals surface area contributed by atoms with Crippen LogP contribution in [0, 0.1) is 11.8 Å². The van der Waals surface area contributed by atoms with E-state index in [9.17, 15) is 9.59 Å². The molecule has 76 heavy (non-hydrogen) atoms. The van der Waals surface area contributed by atoms with E-state index in [1.54, 1.807) is 0 Å². The fourth-order valence-electron chi connectivity index (χ4n) is 9.88. The number of hydrogen-bond donors (Lipinski definition) is 0. The average Bonchev–Trinajstić information content (AvgIpc) is 3.40. The monoisotopic (exact) mass is 1070 g/mol. The van der Waals surface area contributed by atoms with Crippen molar-refractivity contribution >= 4 is 11.9 Å². The summed E-state index contributed by atoms with van der Waals surface area (Å²) in [6.45, 7) is 15.1. The molecule has 0 bridgehead atoms. The molecule has 0 aliphatic rings. The molecule has 0 rings (SSSR count). The van der Waals surface area contributed by atoms with Crippen LogP contribution in [0.25, 0.3) is 0 Å². The van der Waals surface area contributed by atoms with Crippen LogP contribution in [0.1, 0.15) is 375 Å². The first kappa shape index (κ1) is 76.0. The number of unbranched alkanes of at least 4 members (excludes halogenated alkanes) is 40. The number of carbonyl (C=O) groups excluding carboxylic acids is 2. The van der Waals surface area contributed by atoms with Crippen LogP contribution in [-0.4, -0.2) is 25.2 Å². The molecule has 0 atom stereocenters. The maximum absolute atomic E-state index is 11.9. The fraction of sp³-hybridized carbons (Fsp3) is 0.861. The van der Waals surface area contributed by atoms with Crippen molar-refractivity contribution in [3.05, 3.63) is 48.6 Å². The summed E-state index contributed by atoms with van der Waals surface area (Å²) in [7, 11) is 0. The van der Waals surface area contributed by atoms with Crippen molar-refractivity contribution < 1.29 is 19.1 Å². The van der Waals surface area contributed by atoms with E-state index in [-0.39, 0.29) is 11.9 Å². The smallest absolute Gasteiger partial charge is 0.305 e. The summed E-state index contributed by atoms with van der Waals surface area (Å²) in [5.41, 5.74) is 0. The number of carbonyl (C=O) groups is 2. The van der Waals surface area contributed by atoms with Crippen molar-refractivity contribution in [2.75, 3.05) is 13.2 Å². The van der Waals surface area contributed by atoms with Gasteiger partial charge < -0.3 is 9.47 Å². The summed E-state index contributed by atoms with van der Waals surface area (Å²) in [4.78, 5) is 23.8. The molecule has 4 heteroatoms. The maximum atomic E-state index is 11.9. The molecule has 0 N–H and O–H groups in total. The highest BCUT2D eigenvalue weighted by Gasteiger charge is 2.05. The highest BCUT2D eigenvalue weighted by Crippen LogP contribution is 2.17. The maximum Gasteiger partial charge on any atom is 0.305 e. The Hall–Kier alpha value is -2.10. The highest BCUT2D eigenvalue weighted by molar-refractivity contribution is 5.69. The summed E-state index contributed by atoms with van der Waals surface area (Å²) in [5.74, 6) is 1.76. The van der Waals surface area contributed by atoms with Gasteiger partial charge >= 0.3 is 11.9 Å². The number of allylic oxidation sites excluding steroid dienone is 8. The van der Waals surface area contributed by atoms with Gasteiger partial charge in [-0.2, -0.15) is 0 Å². The molecule has 0 fully saturated rings. The van der Waals surface area contributed by atoms with Crippen LogP contribution in [0.2, 0.25) is 0 Å². The Morgan fingerprint density at radius 1 is 0.276 bits per heavy atom. The summed E-state index contributed by atoms with van der Waals surface area (Å²) in [5, 5.41) is 0. The Balaban J connectivity index is 0. The van der Waals surface area contributed by atoms with Gasteiger partial charge in [-0.05, 0) is 102 Å². The van der Waals surface area contributed by atoms with Gasteiger partial charge in [0.05, 0.1) is 13.2 Å². The predicted octanol–water partition coefficient (Wildman–Crippen LogP) is 24.9. The largest absolute Gasteiger partial charge is 0.466 e. The quantitative estimate of drug-likeness (QED) is 0.0346. The SMILES string of the molecule is CCCCC/C=C\C/C=C\CCCCCCCC(=O)OCCCCCCCCCCCCCCCC(C)C.CCCCC/C=C\C/C=C\CCCCCCCC(=O)OCCCCCCCCCCCCCCCC(C)C. The first-order valence-electron chi connectivity index (χ1n) is 34.2. The van der Waals surface area contributed by atoms with E-state index in [1.165, 1.54) is 270 Å². The number of rotatable bonds is 60. The van der Waals surface area contributed by atoms with E-state index in [0.717, 1.165) is 63.2 Å². The van der Waals surface area contributed by atoms with Crippen LogP contribution in [-0.2, 0) is 19.1 Å². The molecule has 0 aliphatic heterocycles. The highest BCUT2D eigenvalue weighted by atomic mass is 16.5. The molecule has 0 aromatic rings. The Labute approximate surface area is 477 Å². The van der Waals surface area contributed by atoms with Crippen molar-refractivity contribution in [2.45, 2.75) is 375 Å². The average molecular weight is 1070 g/mol. The van der Waals surface area contributed by atoms with Crippen molar-refractivity contribution in [3.63, 3.8) is 0 Å². The van der Waals surface area contributed by atoms with Crippen LogP contribution < -0.4 is 0 Å². The first-order chi connectivity index (χ1) is 37.3. The minimum Gasteiger partial charge on any atom is -0.466 e. The lowest BCUT2D eigenvalue weighted by molar-refractivity contribution is -0.144. The molecule has 0 aromatic heterocycles. The fourth-order valence-corrected chi connectivity index (χ4v) is 9.88. The molecule has 0 radical (unpaired) electrons. The second kappa shape index (κ2) is 69.0. The summed E-state index contributed by atoms with van der Waals surface area (Å²) in [6, 6.07) is 0. The van der Waals surface area contributed by atoms with Crippen LogP contribution in [0.5, 0.6) is 0 Å². The zero-order valence-corrected chi connectivity index (χ0v) is 52.6. The molecule has 0 unspecified atom stereocenters. The van der Waals surface area contributed by atoms with Crippen LogP contribution >= 0.6 is 0 Å². The van der Waals surface area contributed by atoms with Gasteiger partial charge in [-0.25, -0.2) is 0 Å². The standard InChI is InChI=1S/2C36H68O2/c2*1-4-5-6-7-8-9-10-11-12-15-18-21-24-27-30-33-36(37)38-34-31-28-25-22-19-16-13-14-17-20-23-26-29-32-35(2)3/h2*8-9,11-12,35H,4-7,10,13-34H2,1-3H3/b2*9-8-,12-11-. The van der Waals surface area contributed by atoms with E-state index in [4.69, 9.17) is 9.47 Å². The third-order valence-electron chi connectivity index (χ3n) is 15.0. The minimum absolute atomic E-state index is 0.00982. The van der Waals surface area contributed by atoms with Gasteiger partial charge in [0.25, 0.3) is 0 Å². The molecule has 0 amide bonds. The Kier molecular flexibility index (Phi) is 69.0. The van der Waals surface area contributed by atoms with E-state index in [0.29, 0.717) is 26.1 Å². The lowest BCUT2D eigenvalue weighted by atomic mass is 10.0.